The fourth-order valence-corrected chi connectivity index (χ4v) is 10.7. The summed E-state index contributed by atoms with van der Waals surface area (Å²) >= 11 is 0. The van der Waals surface area contributed by atoms with E-state index in [0.29, 0.717) is 30.6 Å². The highest BCUT2D eigenvalue weighted by Gasteiger charge is 2.28. The molecule has 0 bridgehead atoms. The maximum atomic E-state index is 15.5. The summed E-state index contributed by atoms with van der Waals surface area (Å²) in [5.74, 6) is 2.40. The average Bonchev–Trinajstić information content (AvgIpc) is 3.86. The van der Waals surface area contributed by atoms with E-state index in [0.717, 1.165) is 63.3 Å². The molecule has 8 aromatic carbocycles. The molecule has 3 atom stereocenters. The minimum Gasteiger partial charge on any atom is -0.493 e. The third-order valence-electron chi connectivity index (χ3n) is 14.1. The Morgan fingerprint density at radius 3 is 1.35 bits per heavy atom. The third-order valence-corrected chi connectivity index (χ3v) is 14.1. The van der Waals surface area contributed by atoms with Crippen LogP contribution >= 0.6 is 0 Å². The van der Waals surface area contributed by atoms with Gasteiger partial charge in [0.05, 0.1) is 41.0 Å². The van der Waals surface area contributed by atoms with Crippen molar-refractivity contribution < 1.29 is 13.9 Å². The molecule has 0 aliphatic heterocycles. The van der Waals surface area contributed by atoms with Crippen molar-refractivity contribution in [2.24, 2.45) is 11.8 Å². The maximum Gasteiger partial charge on any atom is 0.127 e. The van der Waals surface area contributed by atoms with E-state index in [2.05, 4.69) is 181 Å². The average molecular weight is 853 g/mol. The lowest BCUT2D eigenvalue weighted by Gasteiger charge is -2.32. The lowest BCUT2D eigenvalue weighted by Crippen LogP contribution is -2.30. The fourth-order valence-electron chi connectivity index (χ4n) is 10.7. The third kappa shape index (κ3) is 7.24. The lowest BCUT2D eigenvalue weighted by atomic mass is 9.80. The normalized spacial score (nSPS) is 15.8. The first kappa shape index (κ1) is 40.7. The molecule has 2 heterocycles. The Hall–Kier alpha value is -7.11. The summed E-state index contributed by atoms with van der Waals surface area (Å²) in [5.41, 5.74) is 13.9. The minimum atomic E-state index is -1.14. The Kier molecular flexibility index (Phi) is 10.7. The minimum absolute atomic E-state index is 0.329. The quantitative estimate of drug-likeness (QED) is 0.130. The molecule has 3 unspecified atom stereocenters. The zero-order valence-electron chi connectivity index (χ0n) is 37.3. The van der Waals surface area contributed by atoms with Gasteiger partial charge in [0, 0.05) is 38.4 Å². The number of aromatic nitrogens is 2. The van der Waals surface area contributed by atoms with Crippen LogP contribution in [-0.2, 0) is 0 Å². The van der Waals surface area contributed by atoms with Crippen molar-refractivity contribution in [2.75, 3.05) is 13.2 Å². The van der Waals surface area contributed by atoms with Gasteiger partial charge in [0.15, 0.2) is 0 Å². The number of hydrogen-bond acceptors (Lipinski definition) is 2. The Bertz CT molecular complexity index is 3270. The highest BCUT2D eigenvalue weighted by Crippen LogP contribution is 2.43. The van der Waals surface area contributed by atoms with Crippen molar-refractivity contribution >= 4 is 43.6 Å². The van der Waals surface area contributed by atoms with Gasteiger partial charge in [-0.1, -0.05) is 134 Å². The number of rotatable bonds is 11. The van der Waals surface area contributed by atoms with Crippen LogP contribution in [-0.4, -0.2) is 22.3 Å². The molecular formula is C60H53FN2O2. The van der Waals surface area contributed by atoms with E-state index in [1.807, 2.05) is 18.2 Å². The van der Waals surface area contributed by atoms with E-state index in [9.17, 15) is 0 Å². The number of nitrogens with zero attached hydrogens (tertiary/aromatic N) is 2. The highest BCUT2D eigenvalue weighted by molar-refractivity contribution is 6.10. The smallest absolute Gasteiger partial charge is 0.127 e. The second-order valence-corrected chi connectivity index (χ2v) is 17.9. The Balaban J connectivity index is 0.872. The molecule has 1 aliphatic carbocycles. The molecule has 1 saturated carbocycles. The molecule has 11 rings (SSSR count). The molecule has 0 N–H and O–H groups in total. The van der Waals surface area contributed by atoms with Gasteiger partial charge in [-0.15, -0.1) is 0 Å². The molecule has 65 heavy (non-hydrogen) atoms. The standard InChI is InChI=1S/C60H53FN2O2/c1-39-45(27-18-32-53(39)62-54-28-12-6-21-46(54)47-22-7-13-29-55(47)62)50-25-10-16-33-59(50)64-37-42-19-4-5-20-43(42)38-65-60-34-17-11-26-51(60)52-35-44(41(3)61)36-58(40(52)2)63-56-30-14-8-23-48(56)49-24-9-15-31-57(49)63/h6-18,21-36,41-43H,4-5,19-20,37-38H2,1-3H3. The number of ether oxygens (including phenoxy) is 2. The highest BCUT2D eigenvalue weighted by atomic mass is 19.1. The van der Waals surface area contributed by atoms with Crippen LogP contribution in [0.1, 0.15) is 55.5 Å². The van der Waals surface area contributed by atoms with Gasteiger partial charge >= 0.3 is 0 Å². The summed E-state index contributed by atoms with van der Waals surface area (Å²) in [6, 6.07) is 61.8. The van der Waals surface area contributed by atoms with Gasteiger partial charge in [-0.25, -0.2) is 4.39 Å². The van der Waals surface area contributed by atoms with Crippen LogP contribution in [0.3, 0.4) is 0 Å². The second-order valence-electron chi connectivity index (χ2n) is 17.9. The number of hydrogen-bond donors (Lipinski definition) is 0. The number of alkyl halides is 1. The molecule has 4 nitrogen and oxygen atoms in total. The fraction of sp³-hybridized carbons (Fsp3) is 0.200. The predicted octanol–water partition coefficient (Wildman–Crippen LogP) is 16.1. The number of para-hydroxylation sites is 6. The van der Waals surface area contributed by atoms with Gasteiger partial charge in [-0.05, 0) is 128 Å². The Labute approximate surface area is 380 Å². The predicted molar refractivity (Wildman–Crippen MR) is 268 cm³/mol. The van der Waals surface area contributed by atoms with Gasteiger partial charge in [-0.3, -0.25) is 0 Å². The van der Waals surface area contributed by atoms with Gasteiger partial charge < -0.3 is 18.6 Å². The lowest BCUT2D eigenvalue weighted by molar-refractivity contribution is 0.105. The second kappa shape index (κ2) is 17.1. The van der Waals surface area contributed by atoms with Gasteiger partial charge in [-0.2, -0.15) is 0 Å². The molecule has 0 radical (unpaired) electrons. The molecule has 0 saturated heterocycles. The van der Waals surface area contributed by atoms with Crippen LogP contribution in [0.15, 0.2) is 176 Å². The van der Waals surface area contributed by atoms with Crippen molar-refractivity contribution in [2.45, 2.75) is 52.6 Å². The molecule has 0 amide bonds. The van der Waals surface area contributed by atoms with E-state index in [1.54, 1.807) is 6.92 Å². The Morgan fingerprint density at radius 1 is 0.462 bits per heavy atom. The molecule has 1 fully saturated rings. The zero-order valence-corrected chi connectivity index (χ0v) is 37.3. The molecule has 2 aromatic heterocycles. The summed E-state index contributed by atoms with van der Waals surface area (Å²) in [6.45, 7) is 7.23. The SMILES string of the molecule is Cc1c(-c2ccccc2OCC2CCCCC2COc2ccccc2-c2cc(C(C)F)cc(-n3c4ccccc4c4ccccc43)c2C)cccc1-n1c2ccccc2c2ccccc21. The van der Waals surface area contributed by atoms with Crippen LogP contribution in [0.5, 0.6) is 11.5 Å². The van der Waals surface area contributed by atoms with Crippen LogP contribution < -0.4 is 9.47 Å². The van der Waals surface area contributed by atoms with Crippen LogP contribution in [0, 0.1) is 25.7 Å². The number of benzene rings is 8. The van der Waals surface area contributed by atoms with Crippen molar-refractivity contribution in [1.82, 2.24) is 9.13 Å². The van der Waals surface area contributed by atoms with Crippen LogP contribution in [0.25, 0.3) is 77.2 Å². The van der Waals surface area contributed by atoms with E-state index >= 15 is 4.39 Å². The maximum absolute atomic E-state index is 15.5. The molecule has 322 valence electrons. The largest absolute Gasteiger partial charge is 0.493 e. The van der Waals surface area contributed by atoms with Crippen LogP contribution in [0.4, 0.5) is 4.39 Å². The first-order valence-corrected chi connectivity index (χ1v) is 23.2. The van der Waals surface area contributed by atoms with Crippen LogP contribution in [0.2, 0.25) is 0 Å². The van der Waals surface area contributed by atoms with Crippen molar-refractivity contribution in [3.8, 4) is 45.1 Å². The molecule has 1 aliphatic rings. The Morgan fingerprint density at radius 2 is 0.862 bits per heavy atom. The molecule has 0 spiro atoms. The van der Waals surface area contributed by atoms with E-state index < -0.39 is 6.17 Å². The number of fused-ring (bicyclic) bond motifs is 6. The zero-order chi connectivity index (χ0) is 44.0. The monoisotopic (exact) mass is 852 g/mol. The van der Waals surface area contributed by atoms with Gasteiger partial charge in [0.25, 0.3) is 0 Å². The molecular weight excluding hydrogens is 800 g/mol. The van der Waals surface area contributed by atoms with Crippen molar-refractivity contribution in [1.29, 1.82) is 0 Å². The van der Waals surface area contributed by atoms with E-state index in [4.69, 9.17) is 9.47 Å². The van der Waals surface area contributed by atoms with Gasteiger partial charge in [0.1, 0.15) is 17.7 Å². The molecule has 10 aromatic rings. The topological polar surface area (TPSA) is 28.3 Å². The summed E-state index contributed by atoms with van der Waals surface area (Å²) in [7, 11) is 0. The van der Waals surface area contributed by atoms with Gasteiger partial charge in [0.2, 0.25) is 0 Å². The molecule has 5 heteroatoms. The van der Waals surface area contributed by atoms with E-state index in [1.165, 1.54) is 62.2 Å². The number of halogens is 1. The van der Waals surface area contributed by atoms with Crippen molar-refractivity contribution in [3.05, 3.63) is 193 Å². The summed E-state index contributed by atoms with van der Waals surface area (Å²) in [5, 5.41) is 4.87. The summed E-state index contributed by atoms with van der Waals surface area (Å²) < 4.78 is 34.0. The summed E-state index contributed by atoms with van der Waals surface area (Å²) in [6.07, 6.45) is 3.40. The van der Waals surface area contributed by atoms with E-state index in [-0.39, 0.29) is 0 Å². The summed E-state index contributed by atoms with van der Waals surface area (Å²) in [4.78, 5) is 0. The first-order valence-electron chi connectivity index (χ1n) is 23.2. The first-order chi connectivity index (χ1) is 31.9. The van der Waals surface area contributed by atoms with Crippen molar-refractivity contribution in [3.63, 3.8) is 0 Å².